The maximum Gasteiger partial charge on any atom is 0.341 e. The number of hydrogen-bond donors (Lipinski definition) is 1. The second kappa shape index (κ2) is 9.95. The number of nitrogens with one attached hydrogen (secondary N) is 1. The highest BCUT2D eigenvalue weighted by Crippen LogP contribution is 2.33. The van der Waals surface area contributed by atoms with Crippen LogP contribution < -0.4 is 14.8 Å². The topological polar surface area (TPSA) is 95.9 Å². The standard InChI is InChI=1S/C26H28N2O6S/c1-14-10-20(16(3)28(14)11-19-12-32-22-8-6-7-9-23(22)34-19)21(30)13-33-26(31)24-15(2)17(4)35-25(24)27-18(5)29/h6-10,19H,11-13H2,1-5H3,(H,27,29). The van der Waals surface area contributed by atoms with E-state index in [2.05, 4.69) is 5.32 Å². The summed E-state index contributed by atoms with van der Waals surface area (Å²) >= 11 is 1.31. The quantitative estimate of drug-likeness (QED) is 0.379. The lowest BCUT2D eigenvalue weighted by atomic mass is 10.1. The Morgan fingerprint density at radius 1 is 1.14 bits per heavy atom. The lowest BCUT2D eigenvalue weighted by Gasteiger charge is -2.27. The smallest absolute Gasteiger partial charge is 0.341 e. The van der Waals surface area contributed by atoms with Crippen LogP contribution in [-0.4, -0.2) is 41.5 Å². The van der Waals surface area contributed by atoms with Crippen molar-refractivity contribution in [3.63, 3.8) is 0 Å². The lowest BCUT2D eigenvalue weighted by molar-refractivity contribution is -0.114. The van der Waals surface area contributed by atoms with Gasteiger partial charge in [-0.25, -0.2) is 4.79 Å². The number of fused-ring (bicyclic) bond motifs is 1. The average Bonchev–Trinajstić information content (AvgIpc) is 3.26. The fourth-order valence-electron chi connectivity index (χ4n) is 4.12. The summed E-state index contributed by atoms with van der Waals surface area (Å²) in [5.74, 6) is 0.213. The molecular weight excluding hydrogens is 468 g/mol. The lowest BCUT2D eigenvalue weighted by Crippen LogP contribution is -2.33. The van der Waals surface area contributed by atoms with Gasteiger partial charge in [0.1, 0.15) is 11.6 Å². The number of Topliss-reactive ketones (excluding diaryl/α,β-unsaturated/α-hetero) is 1. The fourth-order valence-corrected chi connectivity index (χ4v) is 5.22. The van der Waals surface area contributed by atoms with Crippen molar-refractivity contribution in [2.24, 2.45) is 0 Å². The van der Waals surface area contributed by atoms with Gasteiger partial charge in [0.05, 0.1) is 12.1 Å². The predicted molar refractivity (Wildman–Crippen MR) is 133 cm³/mol. The Labute approximate surface area is 207 Å². The number of carbonyl (C=O) groups excluding carboxylic acids is 3. The third kappa shape index (κ3) is 5.09. The molecule has 0 saturated heterocycles. The van der Waals surface area contributed by atoms with Crippen LogP contribution in [0.15, 0.2) is 30.3 Å². The maximum atomic E-state index is 13.0. The first kappa shape index (κ1) is 24.5. The number of carbonyl (C=O) groups is 3. The Balaban J connectivity index is 1.44. The van der Waals surface area contributed by atoms with E-state index in [4.69, 9.17) is 14.2 Å². The summed E-state index contributed by atoms with van der Waals surface area (Å²) in [6.45, 7) is 9.35. The third-order valence-corrected chi connectivity index (χ3v) is 7.16. The van der Waals surface area contributed by atoms with Crippen LogP contribution in [-0.2, 0) is 16.1 Å². The second-order valence-corrected chi connectivity index (χ2v) is 9.79. The molecule has 1 aliphatic heterocycles. The molecule has 1 aliphatic rings. The molecule has 8 nitrogen and oxygen atoms in total. The summed E-state index contributed by atoms with van der Waals surface area (Å²) in [5, 5.41) is 3.10. The van der Waals surface area contributed by atoms with Crippen LogP contribution in [0.2, 0.25) is 0 Å². The number of anilines is 1. The number of aromatic nitrogens is 1. The molecule has 1 atom stereocenters. The summed E-state index contributed by atoms with van der Waals surface area (Å²) in [4.78, 5) is 38.1. The van der Waals surface area contributed by atoms with E-state index in [9.17, 15) is 14.4 Å². The molecule has 9 heteroatoms. The van der Waals surface area contributed by atoms with Gasteiger partial charge in [-0.15, -0.1) is 11.3 Å². The predicted octanol–water partition coefficient (Wildman–Crippen LogP) is 4.62. The molecule has 0 spiro atoms. The second-order valence-electron chi connectivity index (χ2n) is 8.56. The molecule has 0 saturated carbocycles. The molecule has 0 fully saturated rings. The molecule has 1 N–H and O–H groups in total. The third-order valence-electron chi connectivity index (χ3n) is 6.04. The summed E-state index contributed by atoms with van der Waals surface area (Å²) < 4.78 is 19.3. The van der Waals surface area contributed by atoms with Crippen molar-refractivity contribution in [2.75, 3.05) is 18.5 Å². The number of ether oxygens (including phenoxy) is 3. The van der Waals surface area contributed by atoms with Crippen molar-refractivity contribution >= 4 is 34.0 Å². The van der Waals surface area contributed by atoms with Gasteiger partial charge in [-0.3, -0.25) is 9.59 Å². The first-order valence-electron chi connectivity index (χ1n) is 11.3. The van der Waals surface area contributed by atoms with Crippen molar-refractivity contribution < 1.29 is 28.6 Å². The zero-order valence-corrected chi connectivity index (χ0v) is 21.2. The van der Waals surface area contributed by atoms with Gasteiger partial charge in [0.25, 0.3) is 0 Å². The van der Waals surface area contributed by atoms with Crippen molar-refractivity contribution in [3.05, 3.63) is 63.3 Å². The molecule has 3 aromatic rings. The average molecular weight is 497 g/mol. The minimum absolute atomic E-state index is 0.201. The number of nitrogens with zero attached hydrogens (tertiary/aromatic N) is 1. The zero-order valence-electron chi connectivity index (χ0n) is 20.4. The Bertz CT molecular complexity index is 1310. The van der Waals surface area contributed by atoms with Crippen molar-refractivity contribution in [1.82, 2.24) is 4.57 Å². The molecule has 1 unspecified atom stereocenters. The number of thiophene rings is 1. The van der Waals surface area contributed by atoms with E-state index in [1.54, 1.807) is 13.0 Å². The highest BCUT2D eigenvalue weighted by molar-refractivity contribution is 7.16. The number of benzene rings is 1. The Morgan fingerprint density at radius 2 is 1.86 bits per heavy atom. The Hall–Kier alpha value is -3.59. The molecule has 0 bridgehead atoms. The van der Waals surface area contributed by atoms with Gasteiger partial charge in [0, 0.05) is 28.8 Å². The van der Waals surface area contributed by atoms with E-state index >= 15 is 0 Å². The molecule has 0 aliphatic carbocycles. The monoisotopic (exact) mass is 496 g/mol. The van der Waals surface area contributed by atoms with Gasteiger partial charge < -0.3 is 24.1 Å². The normalized spacial score (nSPS) is 14.5. The molecule has 3 heterocycles. The zero-order chi connectivity index (χ0) is 25.3. The number of rotatable bonds is 7. The molecule has 1 aromatic carbocycles. The number of ketones is 1. The van der Waals surface area contributed by atoms with Gasteiger partial charge in [-0.05, 0) is 51.5 Å². The number of esters is 1. The van der Waals surface area contributed by atoms with E-state index < -0.39 is 12.6 Å². The first-order valence-corrected chi connectivity index (χ1v) is 12.1. The SMILES string of the molecule is CC(=O)Nc1sc(C)c(C)c1C(=O)OCC(=O)c1cc(C)n(CC2COc3ccccc3O2)c1C. The largest absolute Gasteiger partial charge is 0.486 e. The molecule has 2 aromatic heterocycles. The van der Waals surface area contributed by atoms with E-state index in [0.717, 1.165) is 27.6 Å². The summed E-state index contributed by atoms with van der Waals surface area (Å²) in [7, 11) is 0. The van der Waals surface area contributed by atoms with Crippen LogP contribution >= 0.6 is 11.3 Å². The Morgan fingerprint density at radius 3 is 2.57 bits per heavy atom. The number of hydrogen-bond acceptors (Lipinski definition) is 7. The molecule has 0 radical (unpaired) electrons. The summed E-state index contributed by atoms with van der Waals surface area (Å²) in [6, 6.07) is 9.33. The summed E-state index contributed by atoms with van der Waals surface area (Å²) in [6.07, 6.45) is -0.201. The van der Waals surface area contributed by atoms with Gasteiger partial charge >= 0.3 is 5.97 Å². The highest BCUT2D eigenvalue weighted by atomic mass is 32.1. The maximum absolute atomic E-state index is 13.0. The molecule has 4 rings (SSSR count). The molecule has 35 heavy (non-hydrogen) atoms. The number of amides is 1. The van der Waals surface area contributed by atoms with Crippen LogP contribution in [0.5, 0.6) is 11.5 Å². The van der Waals surface area contributed by atoms with Gasteiger partial charge in [0.15, 0.2) is 24.2 Å². The van der Waals surface area contributed by atoms with Crippen LogP contribution in [0.3, 0.4) is 0 Å². The molecule has 1 amide bonds. The van der Waals surface area contributed by atoms with Gasteiger partial charge in [0.2, 0.25) is 11.7 Å². The van der Waals surface area contributed by atoms with Crippen molar-refractivity contribution in [2.45, 2.75) is 47.3 Å². The molecular formula is C26H28N2O6S. The number of para-hydroxylation sites is 2. The fraction of sp³-hybridized carbons (Fsp3) is 0.346. The first-order chi connectivity index (χ1) is 16.7. The van der Waals surface area contributed by atoms with Crippen LogP contribution in [0.4, 0.5) is 5.00 Å². The van der Waals surface area contributed by atoms with Gasteiger partial charge in [-0.1, -0.05) is 12.1 Å². The van der Waals surface area contributed by atoms with E-state index in [0.29, 0.717) is 29.5 Å². The molecule has 184 valence electrons. The minimum Gasteiger partial charge on any atom is -0.486 e. The number of aryl methyl sites for hydroxylation is 2. The Kier molecular flexibility index (Phi) is 6.98. The summed E-state index contributed by atoms with van der Waals surface area (Å²) in [5.41, 5.74) is 3.18. The van der Waals surface area contributed by atoms with E-state index in [-0.39, 0.29) is 23.4 Å². The van der Waals surface area contributed by atoms with Crippen LogP contribution in [0, 0.1) is 27.7 Å². The van der Waals surface area contributed by atoms with E-state index in [1.807, 2.05) is 49.6 Å². The van der Waals surface area contributed by atoms with Crippen molar-refractivity contribution in [3.8, 4) is 11.5 Å². The van der Waals surface area contributed by atoms with Crippen LogP contribution in [0.25, 0.3) is 0 Å². The van der Waals surface area contributed by atoms with Crippen LogP contribution in [0.1, 0.15) is 49.5 Å². The minimum atomic E-state index is -0.635. The van der Waals surface area contributed by atoms with Crippen molar-refractivity contribution in [1.29, 1.82) is 0 Å². The highest BCUT2D eigenvalue weighted by Gasteiger charge is 2.26. The van der Waals surface area contributed by atoms with E-state index in [1.165, 1.54) is 18.3 Å². The van der Waals surface area contributed by atoms with Gasteiger partial charge in [-0.2, -0.15) is 0 Å².